The highest BCUT2D eigenvalue weighted by molar-refractivity contribution is 8.01. The summed E-state index contributed by atoms with van der Waals surface area (Å²) in [5.74, 6) is 0. The Labute approximate surface area is 58.8 Å². The van der Waals surface area contributed by atoms with Gasteiger partial charge in [0.25, 0.3) is 0 Å². The summed E-state index contributed by atoms with van der Waals surface area (Å²) in [5, 5.41) is 0. The van der Waals surface area contributed by atoms with Crippen molar-refractivity contribution in [2.45, 2.75) is 19.4 Å². The van der Waals surface area contributed by atoms with Gasteiger partial charge in [-0.15, -0.1) is 0 Å². The maximum Gasteiger partial charge on any atom is 0.141 e. The SMILES string of the molecule is CCC1=CC(C=O)NS1. The third-order valence-electron chi connectivity index (χ3n) is 1.19. The van der Waals surface area contributed by atoms with E-state index < -0.39 is 0 Å². The molecule has 0 aromatic rings. The van der Waals surface area contributed by atoms with E-state index in [0.717, 1.165) is 12.7 Å². The number of aldehydes is 1. The Bertz CT molecular complexity index is 144. The van der Waals surface area contributed by atoms with Gasteiger partial charge in [-0.2, -0.15) is 0 Å². The molecule has 1 aliphatic heterocycles. The van der Waals surface area contributed by atoms with Crippen molar-refractivity contribution in [3.05, 3.63) is 11.0 Å². The largest absolute Gasteiger partial charge is 0.301 e. The molecule has 0 radical (unpaired) electrons. The molecule has 0 saturated heterocycles. The molecule has 9 heavy (non-hydrogen) atoms. The molecule has 0 aliphatic carbocycles. The summed E-state index contributed by atoms with van der Waals surface area (Å²) in [5.41, 5.74) is 0. The normalized spacial score (nSPS) is 25.9. The molecule has 1 N–H and O–H groups in total. The molecule has 1 aliphatic rings. The highest BCUT2D eigenvalue weighted by Crippen LogP contribution is 2.22. The van der Waals surface area contributed by atoms with Gasteiger partial charge in [0, 0.05) is 0 Å². The zero-order valence-electron chi connectivity index (χ0n) is 5.26. The molecule has 0 saturated carbocycles. The zero-order valence-corrected chi connectivity index (χ0v) is 6.07. The van der Waals surface area contributed by atoms with Crippen molar-refractivity contribution in [3.63, 3.8) is 0 Å². The number of hydrogen-bond acceptors (Lipinski definition) is 3. The van der Waals surface area contributed by atoms with E-state index in [-0.39, 0.29) is 6.04 Å². The van der Waals surface area contributed by atoms with Crippen LogP contribution in [0, 0.1) is 0 Å². The smallest absolute Gasteiger partial charge is 0.141 e. The molecule has 0 bridgehead atoms. The van der Waals surface area contributed by atoms with Gasteiger partial charge in [-0.1, -0.05) is 6.92 Å². The van der Waals surface area contributed by atoms with Crippen LogP contribution >= 0.6 is 11.9 Å². The lowest BCUT2D eigenvalue weighted by Gasteiger charge is -1.93. The molecule has 0 aromatic heterocycles. The molecule has 50 valence electrons. The molecular weight excluding hydrogens is 134 g/mol. The van der Waals surface area contributed by atoms with Gasteiger partial charge in [0.15, 0.2) is 0 Å². The number of rotatable bonds is 2. The van der Waals surface area contributed by atoms with E-state index in [9.17, 15) is 4.79 Å². The van der Waals surface area contributed by atoms with Crippen LogP contribution in [0.5, 0.6) is 0 Å². The van der Waals surface area contributed by atoms with E-state index in [2.05, 4.69) is 11.6 Å². The van der Waals surface area contributed by atoms with Gasteiger partial charge in [-0.3, -0.25) is 0 Å². The number of allylic oxidation sites excluding steroid dienone is 1. The van der Waals surface area contributed by atoms with Crippen molar-refractivity contribution in [2.24, 2.45) is 0 Å². The average Bonchev–Trinajstić information content (AvgIpc) is 2.34. The Morgan fingerprint density at radius 2 is 2.78 bits per heavy atom. The van der Waals surface area contributed by atoms with Crippen LogP contribution < -0.4 is 4.72 Å². The first-order valence-corrected chi connectivity index (χ1v) is 3.77. The Hall–Kier alpha value is -0.280. The maximum absolute atomic E-state index is 10.1. The van der Waals surface area contributed by atoms with Crippen LogP contribution in [0.4, 0.5) is 0 Å². The quantitative estimate of drug-likeness (QED) is 0.463. The van der Waals surface area contributed by atoms with Crippen LogP contribution in [0.3, 0.4) is 0 Å². The van der Waals surface area contributed by atoms with Gasteiger partial charge < -0.3 is 4.79 Å². The lowest BCUT2D eigenvalue weighted by Crippen LogP contribution is -2.16. The fourth-order valence-electron chi connectivity index (χ4n) is 0.669. The third kappa shape index (κ3) is 1.56. The third-order valence-corrected chi connectivity index (χ3v) is 2.26. The summed E-state index contributed by atoms with van der Waals surface area (Å²) in [6.07, 6.45) is 3.88. The number of nitrogens with one attached hydrogen (secondary N) is 1. The van der Waals surface area contributed by atoms with E-state index in [1.165, 1.54) is 4.91 Å². The Morgan fingerprint density at radius 3 is 3.11 bits per heavy atom. The van der Waals surface area contributed by atoms with Gasteiger partial charge in [0.1, 0.15) is 6.29 Å². The van der Waals surface area contributed by atoms with Crippen LogP contribution in [-0.4, -0.2) is 12.3 Å². The lowest BCUT2D eigenvalue weighted by atomic mass is 10.3. The Balaban J connectivity index is 2.49. The van der Waals surface area contributed by atoms with Crippen molar-refractivity contribution >= 4 is 18.2 Å². The summed E-state index contributed by atoms with van der Waals surface area (Å²) in [7, 11) is 0. The van der Waals surface area contributed by atoms with Crippen LogP contribution in [0.2, 0.25) is 0 Å². The number of hydrogen-bond donors (Lipinski definition) is 1. The highest BCUT2D eigenvalue weighted by Gasteiger charge is 2.12. The second kappa shape index (κ2) is 3.03. The first-order valence-electron chi connectivity index (χ1n) is 2.95. The highest BCUT2D eigenvalue weighted by atomic mass is 32.2. The van der Waals surface area contributed by atoms with Crippen molar-refractivity contribution in [1.82, 2.24) is 4.72 Å². The van der Waals surface area contributed by atoms with Gasteiger partial charge in [-0.05, 0) is 29.3 Å². The maximum atomic E-state index is 10.1. The van der Waals surface area contributed by atoms with Crippen LogP contribution in [0.25, 0.3) is 0 Å². The van der Waals surface area contributed by atoms with Crippen LogP contribution in [-0.2, 0) is 4.79 Å². The molecule has 3 heteroatoms. The van der Waals surface area contributed by atoms with Gasteiger partial charge in [0.2, 0.25) is 0 Å². The first-order chi connectivity index (χ1) is 4.36. The molecule has 0 fully saturated rings. The minimum atomic E-state index is -0.0510. The van der Waals surface area contributed by atoms with E-state index in [0.29, 0.717) is 0 Å². The molecule has 1 unspecified atom stereocenters. The average molecular weight is 143 g/mol. The van der Waals surface area contributed by atoms with E-state index >= 15 is 0 Å². The Morgan fingerprint density at radius 1 is 2.00 bits per heavy atom. The fourth-order valence-corrected chi connectivity index (χ4v) is 1.44. The Kier molecular flexibility index (Phi) is 2.30. The molecular formula is C6H9NOS. The lowest BCUT2D eigenvalue weighted by molar-refractivity contribution is -0.108. The molecule has 1 heterocycles. The van der Waals surface area contributed by atoms with Crippen molar-refractivity contribution in [2.75, 3.05) is 0 Å². The molecule has 1 atom stereocenters. The van der Waals surface area contributed by atoms with E-state index in [4.69, 9.17) is 0 Å². The molecule has 1 rings (SSSR count). The fraction of sp³-hybridized carbons (Fsp3) is 0.500. The van der Waals surface area contributed by atoms with Crippen LogP contribution in [0.15, 0.2) is 11.0 Å². The summed E-state index contributed by atoms with van der Waals surface area (Å²) >= 11 is 1.55. The second-order valence-electron chi connectivity index (χ2n) is 1.87. The zero-order chi connectivity index (χ0) is 6.69. The predicted molar refractivity (Wildman–Crippen MR) is 39.0 cm³/mol. The molecule has 2 nitrogen and oxygen atoms in total. The minimum absolute atomic E-state index is 0.0510. The molecule has 0 amide bonds. The predicted octanol–water partition coefficient (Wildman–Crippen LogP) is 1.10. The van der Waals surface area contributed by atoms with E-state index in [1.54, 1.807) is 11.9 Å². The summed E-state index contributed by atoms with van der Waals surface area (Å²) in [4.78, 5) is 11.4. The monoisotopic (exact) mass is 143 g/mol. The first kappa shape index (κ1) is 6.83. The van der Waals surface area contributed by atoms with E-state index in [1.807, 2.05) is 6.08 Å². The second-order valence-corrected chi connectivity index (χ2v) is 2.83. The standard InChI is InChI=1S/C6H9NOS/c1-2-6-3-5(4-8)7-9-6/h3-5,7H,2H2,1H3. The van der Waals surface area contributed by atoms with Crippen molar-refractivity contribution in [1.29, 1.82) is 0 Å². The molecule has 0 spiro atoms. The van der Waals surface area contributed by atoms with Gasteiger partial charge in [-0.25, -0.2) is 4.72 Å². The minimum Gasteiger partial charge on any atom is -0.301 e. The molecule has 0 aromatic carbocycles. The van der Waals surface area contributed by atoms with Crippen molar-refractivity contribution in [3.8, 4) is 0 Å². The topological polar surface area (TPSA) is 29.1 Å². The number of carbonyl (C=O) groups is 1. The van der Waals surface area contributed by atoms with Gasteiger partial charge in [0.05, 0.1) is 6.04 Å². The van der Waals surface area contributed by atoms with Gasteiger partial charge >= 0.3 is 0 Å². The van der Waals surface area contributed by atoms with Crippen molar-refractivity contribution < 1.29 is 4.79 Å². The summed E-state index contributed by atoms with van der Waals surface area (Å²) in [6, 6.07) is -0.0510. The summed E-state index contributed by atoms with van der Waals surface area (Å²) < 4.78 is 2.96. The summed E-state index contributed by atoms with van der Waals surface area (Å²) in [6.45, 7) is 2.08. The van der Waals surface area contributed by atoms with Crippen LogP contribution in [0.1, 0.15) is 13.3 Å². The number of carbonyl (C=O) groups excluding carboxylic acids is 1.